The Kier molecular flexibility index (Phi) is 5.18. The lowest BCUT2D eigenvalue weighted by Crippen LogP contribution is -2.31. The number of nitrogens with zero attached hydrogens (tertiary/aromatic N) is 3. The third kappa shape index (κ3) is 3.79. The summed E-state index contributed by atoms with van der Waals surface area (Å²) in [4.78, 5) is 19.7. The standard InChI is InChI=1S/C21H21N5O2S/c1-13-8-9-18(29-13)15-12-16(25-24-15)21(27)23-19(20-22-10-11-26(20)2)14-6-4-5-7-17(14)28-3/h4-12,19H,1-3H3,(H,23,27)(H,24,25)/t19-/m1/s1. The van der Waals surface area contributed by atoms with E-state index in [0.717, 1.165) is 16.1 Å². The van der Waals surface area contributed by atoms with Crippen molar-refractivity contribution in [3.05, 3.63) is 76.8 Å². The number of methoxy groups -OCH3 is 1. The summed E-state index contributed by atoms with van der Waals surface area (Å²) >= 11 is 1.65. The first-order valence-electron chi connectivity index (χ1n) is 9.10. The third-order valence-electron chi connectivity index (χ3n) is 4.66. The number of nitrogens with one attached hydrogen (secondary N) is 2. The number of ether oxygens (including phenoxy) is 1. The van der Waals surface area contributed by atoms with Crippen LogP contribution in [0.25, 0.3) is 10.6 Å². The molecule has 0 spiro atoms. The molecule has 0 fully saturated rings. The van der Waals surface area contributed by atoms with Crippen LogP contribution in [-0.4, -0.2) is 32.8 Å². The fraction of sp³-hybridized carbons (Fsp3) is 0.190. The van der Waals surface area contributed by atoms with Gasteiger partial charge in [0.25, 0.3) is 5.91 Å². The van der Waals surface area contributed by atoms with Gasteiger partial charge in [-0.05, 0) is 31.2 Å². The number of benzene rings is 1. The van der Waals surface area contributed by atoms with Crippen LogP contribution in [0, 0.1) is 6.92 Å². The average Bonchev–Trinajstić information content (AvgIpc) is 3.47. The quantitative estimate of drug-likeness (QED) is 0.510. The van der Waals surface area contributed by atoms with Crippen molar-refractivity contribution >= 4 is 17.2 Å². The number of rotatable bonds is 6. The minimum Gasteiger partial charge on any atom is -0.496 e. The minimum atomic E-state index is -0.484. The van der Waals surface area contributed by atoms with Crippen LogP contribution in [0.15, 0.2) is 54.9 Å². The van der Waals surface area contributed by atoms with Crippen molar-refractivity contribution in [2.75, 3.05) is 7.11 Å². The van der Waals surface area contributed by atoms with E-state index in [-0.39, 0.29) is 5.91 Å². The zero-order chi connectivity index (χ0) is 20.4. The molecule has 3 aromatic heterocycles. The van der Waals surface area contributed by atoms with E-state index in [9.17, 15) is 4.79 Å². The molecule has 148 valence electrons. The highest BCUT2D eigenvalue weighted by atomic mass is 32.1. The van der Waals surface area contributed by atoms with Gasteiger partial charge >= 0.3 is 0 Å². The predicted octanol–water partition coefficient (Wildman–Crippen LogP) is 3.71. The Morgan fingerprint density at radius 3 is 2.79 bits per heavy atom. The molecule has 0 aliphatic carbocycles. The van der Waals surface area contributed by atoms with Gasteiger partial charge in [0.05, 0.1) is 17.7 Å². The van der Waals surface area contributed by atoms with Crippen LogP contribution in [0.4, 0.5) is 0 Å². The summed E-state index contributed by atoms with van der Waals surface area (Å²) in [7, 11) is 3.50. The molecule has 1 aromatic carbocycles. The number of H-pyrrole nitrogens is 1. The van der Waals surface area contributed by atoms with Gasteiger partial charge in [0.2, 0.25) is 0 Å². The van der Waals surface area contributed by atoms with E-state index in [1.54, 1.807) is 30.7 Å². The zero-order valence-electron chi connectivity index (χ0n) is 16.3. The second-order valence-electron chi connectivity index (χ2n) is 6.62. The molecular formula is C21H21N5O2S. The van der Waals surface area contributed by atoms with E-state index in [0.29, 0.717) is 17.3 Å². The molecule has 1 amide bonds. The molecular weight excluding hydrogens is 386 g/mol. The topological polar surface area (TPSA) is 84.8 Å². The van der Waals surface area contributed by atoms with Crippen molar-refractivity contribution in [3.8, 4) is 16.3 Å². The second-order valence-corrected chi connectivity index (χ2v) is 7.91. The first kappa shape index (κ1) is 18.9. The van der Waals surface area contributed by atoms with E-state index in [1.807, 2.05) is 61.1 Å². The van der Waals surface area contributed by atoms with Gasteiger partial charge in [-0.15, -0.1) is 11.3 Å². The Morgan fingerprint density at radius 2 is 2.10 bits per heavy atom. The Bertz CT molecular complexity index is 1140. The Labute approximate surface area is 172 Å². The van der Waals surface area contributed by atoms with E-state index in [2.05, 4.69) is 20.5 Å². The Morgan fingerprint density at radius 1 is 1.28 bits per heavy atom. The molecule has 0 aliphatic rings. The number of aromatic nitrogens is 4. The van der Waals surface area contributed by atoms with Crippen molar-refractivity contribution in [2.24, 2.45) is 7.05 Å². The van der Waals surface area contributed by atoms with Crippen LogP contribution >= 0.6 is 11.3 Å². The number of carbonyl (C=O) groups is 1. The summed E-state index contributed by atoms with van der Waals surface area (Å²) in [6.07, 6.45) is 3.55. The van der Waals surface area contributed by atoms with Gasteiger partial charge in [0.15, 0.2) is 5.69 Å². The van der Waals surface area contributed by atoms with Gasteiger partial charge in [-0.25, -0.2) is 4.98 Å². The van der Waals surface area contributed by atoms with Crippen molar-refractivity contribution in [1.82, 2.24) is 25.1 Å². The minimum absolute atomic E-state index is 0.292. The van der Waals surface area contributed by atoms with Gasteiger partial charge in [0.1, 0.15) is 17.6 Å². The molecule has 7 nitrogen and oxygen atoms in total. The lowest BCUT2D eigenvalue weighted by Gasteiger charge is -2.20. The summed E-state index contributed by atoms with van der Waals surface area (Å²) in [6.45, 7) is 2.04. The lowest BCUT2D eigenvalue weighted by atomic mass is 10.0. The number of aryl methyl sites for hydroxylation is 2. The number of para-hydroxylation sites is 1. The van der Waals surface area contributed by atoms with E-state index >= 15 is 0 Å². The first-order chi connectivity index (χ1) is 14.1. The SMILES string of the molecule is COc1ccccc1[C@@H](NC(=O)c1cc(-c2ccc(C)s2)[nH]n1)c1nccn1C. The van der Waals surface area contributed by atoms with Gasteiger partial charge in [0, 0.05) is 29.9 Å². The predicted molar refractivity (Wildman–Crippen MR) is 112 cm³/mol. The second kappa shape index (κ2) is 7.92. The smallest absolute Gasteiger partial charge is 0.272 e. The molecule has 0 radical (unpaired) electrons. The summed E-state index contributed by atoms with van der Waals surface area (Å²) in [5.74, 6) is 1.09. The fourth-order valence-electron chi connectivity index (χ4n) is 3.19. The number of carbonyl (C=O) groups excluding carboxylic acids is 1. The molecule has 4 rings (SSSR count). The van der Waals surface area contributed by atoms with Crippen LogP contribution in [0.1, 0.15) is 32.8 Å². The molecule has 4 aromatic rings. The third-order valence-corrected chi connectivity index (χ3v) is 5.69. The number of hydrogen-bond acceptors (Lipinski definition) is 5. The number of aromatic amines is 1. The van der Waals surface area contributed by atoms with Crippen LogP contribution < -0.4 is 10.1 Å². The van der Waals surface area contributed by atoms with Crippen LogP contribution in [0.2, 0.25) is 0 Å². The number of amides is 1. The molecule has 8 heteroatoms. The maximum Gasteiger partial charge on any atom is 0.272 e. The van der Waals surface area contributed by atoms with Crippen molar-refractivity contribution in [3.63, 3.8) is 0 Å². The number of hydrogen-bond donors (Lipinski definition) is 2. The maximum absolute atomic E-state index is 13.0. The molecule has 29 heavy (non-hydrogen) atoms. The van der Waals surface area contributed by atoms with E-state index < -0.39 is 6.04 Å². The van der Waals surface area contributed by atoms with Crippen molar-refractivity contribution in [1.29, 1.82) is 0 Å². The highest BCUT2D eigenvalue weighted by Crippen LogP contribution is 2.30. The molecule has 0 saturated heterocycles. The molecule has 1 atom stereocenters. The Balaban J connectivity index is 1.65. The van der Waals surface area contributed by atoms with E-state index in [1.165, 1.54) is 4.88 Å². The van der Waals surface area contributed by atoms with Crippen LogP contribution in [0.5, 0.6) is 5.75 Å². The van der Waals surface area contributed by atoms with Crippen LogP contribution in [-0.2, 0) is 7.05 Å². The molecule has 0 saturated carbocycles. The highest BCUT2D eigenvalue weighted by molar-refractivity contribution is 7.15. The molecule has 0 aliphatic heterocycles. The summed E-state index contributed by atoms with van der Waals surface area (Å²) < 4.78 is 7.38. The van der Waals surface area contributed by atoms with Gasteiger partial charge < -0.3 is 14.6 Å². The summed E-state index contributed by atoms with van der Waals surface area (Å²) in [6, 6.07) is 12.9. The zero-order valence-corrected chi connectivity index (χ0v) is 17.2. The molecule has 2 N–H and O–H groups in total. The molecule has 0 bridgehead atoms. The number of imidazole rings is 1. The number of thiophene rings is 1. The van der Waals surface area contributed by atoms with Gasteiger partial charge in [-0.2, -0.15) is 5.10 Å². The maximum atomic E-state index is 13.0. The van der Waals surface area contributed by atoms with Gasteiger partial charge in [-0.3, -0.25) is 9.89 Å². The van der Waals surface area contributed by atoms with Crippen molar-refractivity contribution < 1.29 is 9.53 Å². The first-order valence-corrected chi connectivity index (χ1v) is 9.91. The van der Waals surface area contributed by atoms with Crippen molar-refractivity contribution in [2.45, 2.75) is 13.0 Å². The molecule has 3 heterocycles. The average molecular weight is 407 g/mol. The monoisotopic (exact) mass is 407 g/mol. The summed E-state index contributed by atoms with van der Waals surface area (Å²) in [5, 5.41) is 10.2. The lowest BCUT2D eigenvalue weighted by molar-refractivity contribution is 0.0935. The fourth-order valence-corrected chi connectivity index (χ4v) is 4.02. The molecule has 0 unspecified atom stereocenters. The van der Waals surface area contributed by atoms with E-state index in [4.69, 9.17) is 4.74 Å². The van der Waals surface area contributed by atoms with Gasteiger partial charge in [-0.1, -0.05) is 18.2 Å². The largest absolute Gasteiger partial charge is 0.496 e. The Hall–Kier alpha value is -3.39. The summed E-state index contributed by atoms with van der Waals surface area (Å²) in [5.41, 5.74) is 1.96. The normalized spacial score (nSPS) is 12.0. The van der Waals surface area contributed by atoms with Crippen LogP contribution in [0.3, 0.4) is 0 Å². The highest BCUT2D eigenvalue weighted by Gasteiger charge is 2.25.